The van der Waals surface area contributed by atoms with Gasteiger partial charge in [0.15, 0.2) is 0 Å². The highest BCUT2D eigenvalue weighted by molar-refractivity contribution is 6.34. The molecule has 0 unspecified atom stereocenters. The first-order chi connectivity index (χ1) is 11.4. The van der Waals surface area contributed by atoms with Crippen molar-refractivity contribution < 1.29 is 27.4 Å². The third kappa shape index (κ3) is 3.68. The minimum absolute atomic E-state index is 0.00668. The first kappa shape index (κ1) is 18.2. The number of nitrogens with zero attached hydrogens (tertiary/aromatic N) is 2. The van der Waals surface area contributed by atoms with Gasteiger partial charge in [-0.25, -0.2) is 9.07 Å². The predicted molar refractivity (Wildman–Crippen MR) is 80.2 cm³/mol. The average molecular weight is 384 g/mol. The zero-order valence-electron chi connectivity index (χ0n) is 12.0. The van der Waals surface area contributed by atoms with Crippen LogP contribution in [0, 0.1) is 0 Å². The number of hydrogen-bond acceptors (Lipinski definition) is 4. The molecule has 0 bridgehead atoms. The van der Waals surface area contributed by atoms with Crippen molar-refractivity contribution in [3.8, 4) is 22.9 Å². The maximum atomic E-state index is 12.6. The molecule has 0 saturated heterocycles. The molecule has 0 radical (unpaired) electrons. The molecule has 0 aliphatic carbocycles. The molecule has 1 heterocycles. The number of benzene rings is 1. The molecule has 0 spiro atoms. The molecule has 130 valence electrons. The zero-order chi connectivity index (χ0) is 17.9. The van der Waals surface area contributed by atoms with Crippen LogP contribution in [0.5, 0.6) is 11.6 Å². The monoisotopic (exact) mass is 383 g/mol. The summed E-state index contributed by atoms with van der Waals surface area (Å²) in [4.78, 5) is 13.5. The molecule has 1 aromatic carbocycles. The highest BCUT2D eigenvalue weighted by atomic mass is 35.5. The summed E-state index contributed by atoms with van der Waals surface area (Å²) in [7, 11) is 1.33. The summed E-state index contributed by atoms with van der Waals surface area (Å²) in [6.07, 6.45) is 0. The minimum atomic E-state index is -3.11. The summed E-state index contributed by atoms with van der Waals surface area (Å²) in [5.41, 5.74) is 0.182. The van der Waals surface area contributed by atoms with Gasteiger partial charge in [0.05, 0.1) is 0 Å². The minimum Gasteiger partial charge on any atom is -0.462 e. The molecule has 0 fully saturated rings. The summed E-state index contributed by atoms with van der Waals surface area (Å²) in [5, 5.41) is 3.72. The number of aryl methyl sites for hydroxylation is 1. The largest absolute Gasteiger partial charge is 0.462 e. The summed E-state index contributed by atoms with van der Waals surface area (Å²) >= 11 is 11.3. The van der Waals surface area contributed by atoms with E-state index in [0.29, 0.717) is 0 Å². The molecule has 0 aliphatic heterocycles. The van der Waals surface area contributed by atoms with Crippen LogP contribution in [0.15, 0.2) is 18.2 Å². The molecular weight excluding hydrogens is 374 g/mol. The fourth-order valence-corrected chi connectivity index (χ4v) is 2.38. The SMILES string of the molecule is Cn1nc(-c2cc(C(=O)NCl)ccc2OCF)c(Cl)c1OC(F)F. The lowest BCUT2D eigenvalue weighted by molar-refractivity contribution is -0.0552. The van der Waals surface area contributed by atoms with E-state index in [1.807, 2.05) is 4.84 Å². The van der Waals surface area contributed by atoms with Gasteiger partial charge in [0.1, 0.15) is 16.5 Å². The molecule has 0 aliphatic rings. The Hall–Kier alpha value is -2.13. The number of ether oxygens (including phenoxy) is 2. The Morgan fingerprint density at radius 2 is 2.17 bits per heavy atom. The Bertz CT molecular complexity index is 756. The summed E-state index contributed by atoms with van der Waals surface area (Å²) in [5.74, 6) is -1.02. The number of alkyl halides is 3. The van der Waals surface area contributed by atoms with Crippen molar-refractivity contribution in [3.05, 3.63) is 28.8 Å². The summed E-state index contributed by atoms with van der Waals surface area (Å²) < 4.78 is 47.5. The van der Waals surface area contributed by atoms with Gasteiger partial charge in [0, 0.05) is 30.0 Å². The fourth-order valence-electron chi connectivity index (χ4n) is 1.96. The third-order valence-electron chi connectivity index (χ3n) is 2.93. The van der Waals surface area contributed by atoms with Gasteiger partial charge in [-0.05, 0) is 18.2 Å². The highest BCUT2D eigenvalue weighted by Gasteiger charge is 2.23. The molecule has 6 nitrogen and oxygen atoms in total. The Morgan fingerprint density at radius 3 is 2.75 bits per heavy atom. The number of amides is 1. The van der Waals surface area contributed by atoms with Crippen molar-refractivity contribution in [3.63, 3.8) is 0 Å². The number of hydrogen-bond donors (Lipinski definition) is 1. The van der Waals surface area contributed by atoms with Crippen LogP contribution in [-0.4, -0.2) is 29.2 Å². The van der Waals surface area contributed by atoms with E-state index in [2.05, 4.69) is 9.84 Å². The molecule has 1 amide bonds. The van der Waals surface area contributed by atoms with Gasteiger partial charge in [0.2, 0.25) is 12.7 Å². The van der Waals surface area contributed by atoms with E-state index in [1.165, 1.54) is 25.2 Å². The lowest BCUT2D eigenvalue weighted by Crippen LogP contribution is -2.12. The van der Waals surface area contributed by atoms with Gasteiger partial charge in [-0.2, -0.15) is 13.9 Å². The molecule has 2 aromatic rings. The number of carbonyl (C=O) groups excluding carboxylic acids is 1. The second kappa shape index (κ2) is 7.63. The molecule has 0 saturated carbocycles. The van der Waals surface area contributed by atoms with Crippen LogP contribution in [-0.2, 0) is 7.05 Å². The lowest BCUT2D eigenvalue weighted by Gasteiger charge is -2.09. The van der Waals surface area contributed by atoms with Crippen molar-refractivity contribution >= 4 is 29.3 Å². The molecule has 24 heavy (non-hydrogen) atoms. The van der Waals surface area contributed by atoms with Crippen molar-refractivity contribution in [2.24, 2.45) is 7.05 Å². The van der Waals surface area contributed by atoms with Gasteiger partial charge in [0.25, 0.3) is 5.91 Å². The maximum Gasteiger partial charge on any atom is 0.388 e. The van der Waals surface area contributed by atoms with Gasteiger partial charge in [-0.3, -0.25) is 9.63 Å². The van der Waals surface area contributed by atoms with E-state index in [9.17, 15) is 18.0 Å². The van der Waals surface area contributed by atoms with E-state index in [4.69, 9.17) is 28.1 Å². The van der Waals surface area contributed by atoms with E-state index >= 15 is 0 Å². The average Bonchev–Trinajstić information content (AvgIpc) is 2.82. The van der Waals surface area contributed by atoms with Crippen LogP contribution in [0.4, 0.5) is 13.2 Å². The van der Waals surface area contributed by atoms with Crippen molar-refractivity contribution in [1.82, 2.24) is 14.6 Å². The number of halogens is 5. The topological polar surface area (TPSA) is 65.4 Å². The Labute approximate surface area is 144 Å². The first-order valence-corrected chi connectivity index (χ1v) is 7.06. The standard InChI is InChI=1S/C13H10Cl2F3N3O3/c1-21-12(24-13(17)18)9(14)10(20-21)7-4-6(11(22)19-15)2-3-8(7)23-5-16/h2-4,13H,5H2,1H3,(H,19,22). The van der Waals surface area contributed by atoms with Crippen LogP contribution in [0.1, 0.15) is 10.4 Å². The van der Waals surface area contributed by atoms with Crippen LogP contribution in [0.25, 0.3) is 11.3 Å². The third-order valence-corrected chi connectivity index (χ3v) is 3.45. The maximum absolute atomic E-state index is 12.6. The Morgan fingerprint density at radius 1 is 1.46 bits per heavy atom. The molecule has 2 rings (SSSR count). The second-order valence-electron chi connectivity index (χ2n) is 4.36. The molecule has 1 N–H and O–H groups in total. The number of rotatable bonds is 6. The van der Waals surface area contributed by atoms with Crippen LogP contribution >= 0.6 is 23.4 Å². The predicted octanol–water partition coefficient (Wildman–Crippen LogP) is 3.53. The lowest BCUT2D eigenvalue weighted by atomic mass is 10.1. The van der Waals surface area contributed by atoms with E-state index in [0.717, 1.165) is 4.68 Å². The first-order valence-electron chi connectivity index (χ1n) is 6.30. The normalized spacial score (nSPS) is 10.8. The number of nitrogens with one attached hydrogen (secondary N) is 1. The number of carbonyl (C=O) groups is 1. The van der Waals surface area contributed by atoms with Crippen LogP contribution in [0.2, 0.25) is 5.02 Å². The molecule has 1 aromatic heterocycles. The van der Waals surface area contributed by atoms with Crippen molar-refractivity contribution in [2.45, 2.75) is 6.61 Å². The van der Waals surface area contributed by atoms with E-state index in [-0.39, 0.29) is 33.5 Å². The van der Waals surface area contributed by atoms with Gasteiger partial charge in [-0.15, -0.1) is 0 Å². The highest BCUT2D eigenvalue weighted by Crippen LogP contribution is 2.40. The quantitative estimate of drug-likeness (QED) is 0.774. The fraction of sp³-hybridized carbons (Fsp3) is 0.231. The van der Waals surface area contributed by atoms with Crippen LogP contribution < -0.4 is 14.3 Å². The van der Waals surface area contributed by atoms with Crippen molar-refractivity contribution in [1.29, 1.82) is 0 Å². The van der Waals surface area contributed by atoms with Crippen molar-refractivity contribution in [2.75, 3.05) is 6.86 Å². The molecule has 11 heteroatoms. The molecule has 0 atom stereocenters. The summed E-state index contributed by atoms with van der Waals surface area (Å²) in [6.45, 7) is -4.26. The van der Waals surface area contributed by atoms with Crippen LogP contribution in [0.3, 0.4) is 0 Å². The Balaban J connectivity index is 2.59. The Kier molecular flexibility index (Phi) is 5.79. The van der Waals surface area contributed by atoms with E-state index < -0.39 is 19.4 Å². The van der Waals surface area contributed by atoms with Gasteiger partial charge in [-0.1, -0.05) is 11.6 Å². The second-order valence-corrected chi connectivity index (χ2v) is 4.92. The van der Waals surface area contributed by atoms with Gasteiger partial charge < -0.3 is 9.47 Å². The number of aromatic nitrogens is 2. The zero-order valence-corrected chi connectivity index (χ0v) is 13.5. The smallest absolute Gasteiger partial charge is 0.388 e. The molecular formula is C13H10Cl2F3N3O3. The van der Waals surface area contributed by atoms with Gasteiger partial charge >= 0.3 is 6.61 Å². The summed E-state index contributed by atoms with van der Waals surface area (Å²) in [6, 6.07) is 3.91. The van der Waals surface area contributed by atoms with E-state index in [1.54, 1.807) is 0 Å².